The van der Waals surface area contributed by atoms with E-state index in [-0.39, 0.29) is 12.6 Å². The van der Waals surface area contributed by atoms with Gasteiger partial charge in [0.05, 0.1) is 11.9 Å². The molecule has 3 aromatic rings. The smallest absolute Gasteiger partial charge is 0.317 e. The molecule has 6 nitrogen and oxygen atoms in total. The van der Waals surface area contributed by atoms with Crippen LogP contribution in [0.4, 0.5) is 13.2 Å². The minimum atomic E-state index is -2.71. The van der Waals surface area contributed by atoms with E-state index in [2.05, 4.69) is 20.3 Å². The van der Waals surface area contributed by atoms with Gasteiger partial charge in [-0.2, -0.15) is 4.98 Å². The van der Waals surface area contributed by atoms with E-state index in [4.69, 9.17) is 16.3 Å². The molecule has 0 amide bonds. The first kappa shape index (κ1) is 18.1. The Morgan fingerprint density at radius 1 is 1.23 bits per heavy atom. The van der Waals surface area contributed by atoms with Crippen LogP contribution in [0.1, 0.15) is 36.5 Å². The highest BCUT2D eigenvalue weighted by Gasteiger charge is 2.13. The molecular weight excluding hydrogens is 371 g/mol. The van der Waals surface area contributed by atoms with Crippen LogP contribution in [0.2, 0.25) is 5.02 Å². The molecule has 10 heteroatoms. The van der Waals surface area contributed by atoms with Crippen molar-refractivity contribution < 1.29 is 17.9 Å². The molecular formula is C16H13ClF3N5O. The lowest BCUT2D eigenvalue weighted by atomic mass is 10.1. The van der Waals surface area contributed by atoms with Crippen molar-refractivity contribution in [3.05, 3.63) is 58.6 Å². The van der Waals surface area contributed by atoms with Crippen molar-refractivity contribution in [2.75, 3.05) is 0 Å². The number of hydrogen-bond acceptors (Lipinski definition) is 5. The van der Waals surface area contributed by atoms with Gasteiger partial charge in [-0.15, -0.1) is 5.10 Å². The summed E-state index contributed by atoms with van der Waals surface area (Å²) in [5, 5.41) is 8.18. The number of alkyl halides is 3. The average Bonchev–Trinajstić information content (AvgIpc) is 3.09. The van der Waals surface area contributed by atoms with E-state index in [9.17, 15) is 13.2 Å². The highest BCUT2D eigenvalue weighted by atomic mass is 35.5. The van der Waals surface area contributed by atoms with Gasteiger partial charge in [0.2, 0.25) is 0 Å². The maximum Gasteiger partial charge on any atom is 0.317 e. The lowest BCUT2D eigenvalue weighted by molar-refractivity contribution is 0.143. The van der Waals surface area contributed by atoms with Crippen LogP contribution in [0.5, 0.6) is 6.01 Å². The Morgan fingerprint density at radius 3 is 2.77 bits per heavy atom. The Kier molecular flexibility index (Phi) is 5.36. The normalized spacial score (nSPS) is 12.4. The molecule has 1 atom stereocenters. The standard InChI is InChI=1S/C16H13ClF3N5O/c1-9(18)12-6-11(2-3-13(12)17)25-7-10(23-24-25)8-26-16-21-5-4-14(22-16)15(19)20/h2-7,9,15H,8H2,1H3. The zero-order chi connectivity index (χ0) is 18.7. The molecule has 1 aromatic carbocycles. The van der Waals surface area contributed by atoms with E-state index >= 15 is 0 Å². The van der Waals surface area contributed by atoms with Crippen LogP contribution in [-0.4, -0.2) is 25.0 Å². The summed E-state index contributed by atoms with van der Waals surface area (Å²) >= 11 is 5.96. The lowest BCUT2D eigenvalue weighted by Crippen LogP contribution is -2.02. The number of aromatic nitrogens is 5. The molecule has 0 fully saturated rings. The van der Waals surface area contributed by atoms with E-state index < -0.39 is 18.3 Å². The van der Waals surface area contributed by atoms with Crippen molar-refractivity contribution in [2.45, 2.75) is 26.1 Å². The summed E-state index contributed by atoms with van der Waals surface area (Å²) in [7, 11) is 0. The third kappa shape index (κ3) is 4.10. The van der Waals surface area contributed by atoms with Gasteiger partial charge in [-0.05, 0) is 31.2 Å². The summed E-state index contributed by atoms with van der Waals surface area (Å²) in [5.41, 5.74) is 0.909. The molecule has 2 heterocycles. The summed E-state index contributed by atoms with van der Waals surface area (Å²) in [4.78, 5) is 7.36. The summed E-state index contributed by atoms with van der Waals surface area (Å²) in [6, 6.07) is 5.74. The Labute approximate surface area is 151 Å². The van der Waals surface area contributed by atoms with Gasteiger partial charge < -0.3 is 4.74 Å². The predicted octanol–water partition coefficient (Wildman–Crippen LogP) is 4.26. The average molecular weight is 384 g/mol. The first-order valence-corrected chi connectivity index (χ1v) is 7.91. The molecule has 26 heavy (non-hydrogen) atoms. The van der Waals surface area contributed by atoms with Gasteiger partial charge >= 0.3 is 6.01 Å². The number of ether oxygens (including phenoxy) is 1. The fourth-order valence-corrected chi connectivity index (χ4v) is 2.42. The first-order chi connectivity index (χ1) is 12.4. The van der Waals surface area contributed by atoms with Gasteiger partial charge in [-0.1, -0.05) is 16.8 Å². The SMILES string of the molecule is CC(F)c1cc(-n2cc(COc3nccc(C(F)F)n3)nn2)ccc1Cl. The van der Waals surface area contributed by atoms with Crippen LogP contribution in [0.15, 0.2) is 36.7 Å². The number of hydrogen-bond donors (Lipinski definition) is 0. The van der Waals surface area contributed by atoms with E-state index in [0.29, 0.717) is 22.0 Å². The molecule has 0 aliphatic carbocycles. The van der Waals surface area contributed by atoms with Crippen LogP contribution >= 0.6 is 11.6 Å². The van der Waals surface area contributed by atoms with Gasteiger partial charge in [0.1, 0.15) is 24.2 Å². The summed E-state index contributed by atoms with van der Waals surface area (Å²) in [6.45, 7) is 1.33. The topological polar surface area (TPSA) is 65.7 Å². The highest BCUT2D eigenvalue weighted by molar-refractivity contribution is 6.31. The summed E-state index contributed by atoms with van der Waals surface area (Å²) < 4.78 is 45.5. The molecule has 0 aliphatic heterocycles. The monoisotopic (exact) mass is 383 g/mol. The number of rotatable bonds is 6. The van der Waals surface area contributed by atoms with E-state index in [1.807, 2.05) is 0 Å². The maximum atomic E-state index is 13.6. The van der Waals surface area contributed by atoms with Crippen LogP contribution in [-0.2, 0) is 6.61 Å². The third-order valence-electron chi connectivity index (χ3n) is 3.44. The fraction of sp³-hybridized carbons (Fsp3) is 0.250. The molecule has 0 bridgehead atoms. The Hall–Kier alpha value is -2.68. The van der Waals surface area contributed by atoms with Crippen molar-refractivity contribution in [3.8, 4) is 11.7 Å². The quantitative estimate of drug-likeness (QED) is 0.636. The van der Waals surface area contributed by atoms with E-state index in [1.54, 1.807) is 24.4 Å². The van der Waals surface area contributed by atoms with Crippen LogP contribution in [0, 0.1) is 0 Å². The van der Waals surface area contributed by atoms with Crippen molar-refractivity contribution in [2.24, 2.45) is 0 Å². The molecule has 0 radical (unpaired) electrons. The number of nitrogens with zero attached hydrogens (tertiary/aromatic N) is 5. The minimum Gasteiger partial charge on any atom is -0.457 e. The Morgan fingerprint density at radius 2 is 2.04 bits per heavy atom. The number of benzene rings is 1. The highest BCUT2D eigenvalue weighted by Crippen LogP contribution is 2.27. The van der Waals surface area contributed by atoms with Crippen molar-refractivity contribution in [1.82, 2.24) is 25.0 Å². The largest absolute Gasteiger partial charge is 0.457 e. The molecule has 1 unspecified atom stereocenters. The van der Waals surface area contributed by atoms with Gasteiger partial charge in [-0.3, -0.25) is 0 Å². The van der Waals surface area contributed by atoms with Crippen molar-refractivity contribution >= 4 is 11.6 Å². The molecule has 2 aromatic heterocycles. The second-order valence-electron chi connectivity index (χ2n) is 5.33. The molecule has 0 saturated carbocycles. The van der Waals surface area contributed by atoms with Crippen molar-refractivity contribution in [3.63, 3.8) is 0 Å². The van der Waals surface area contributed by atoms with Crippen LogP contribution in [0.3, 0.4) is 0 Å². The van der Waals surface area contributed by atoms with Gasteiger partial charge in [0.25, 0.3) is 6.43 Å². The summed E-state index contributed by atoms with van der Waals surface area (Å²) in [5.74, 6) is 0. The summed E-state index contributed by atoms with van der Waals surface area (Å²) in [6.07, 6.45) is -1.19. The zero-order valence-electron chi connectivity index (χ0n) is 13.5. The fourth-order valence-electron chi connectivity index (χ4n) is 2.15. The second kappa shape index (κ2) is 7.69. The minimum absolute atomic E-state index is 0.0628. The molecule has 0 N–H and O–H groups in total. The first-order valence-electron chi connectivity index (χ1n) is 7.53. The Bertz CT molecular complexity index is 903. The molecule has 3 rings (SSSR count). The molecule has 0 aliphatic rings. The van der Waals surface area contributed by atoms with Crippen LogP contribution in [0.25, 0.3) is 5.69 Å². The van der Waals surface area contributed by atoms with Gasteiger partial charge in [0.15, 0.2) is 0 Å². The molecule has 136 valence electrons. The molecule has 0 saturated heterocycles. The maximum absolute atomic E-state index is 13.6. The third-order valence-corrected chi connectivity index (χ3v) is 3.79. The van der Waals surface area contributed by atoms with Crippen LogP contribution < -0.4 is 4.74 Å². The van der Waals surface area contributed by atoms with Gasteiger partial charge in [-0.25, -0.2) is 22.8 Å². The zero-order valence-corrected chi connectivity index (χ0v) is 14.2. The second-order valence-corrected chi connectivity index (χ2v) is 5.74. The van der Waals surface area contributed by atoms with E-state index in [1.165, 1.54) is 17.8 Å². The molecule has 0 spiro atoms. The van der Waals surface area contributed by atoms with Gasteiger partial charge in [0, 0.05) is 16.8 Å². The lowest BCUT2D eigenvalue weighted by Gasteiger charge is -2.08. The Balaban J connectivity index is 1.72. The van der Waals surface area contributed by atoms with E-state index in [0.717, 1.165) is 6.07 Å². The number of halogens is 4. The van der Waals surface area contributed by atoms with Crippen molar-refractivity contribution in [1.29, 1.82) is 0 Å². The predicted molar refractivity (Wildman–Crippen MR) is 87.2 cm³/mol.